The summed E-state index contributed by atoms with van der Waals surface area (Å²) in [6.45, 7) is 5.28. The molecule has 0 radical (unpaired) electrons. The Kier molecular flexibility index (Phi) is 4.90. The first-order valence-corrected chi connectivity index (χ1v) is 11.1. The van der Waals surface area contributed by atoms with Crippen molar-refractivity contribution >= 4 is 28.5 Å². The lowest BCUT2D eigenvalue weighted by atomic mass is 9.75. The Morgan fingerprint density at radius 1 is 1.32 bits per heavy atom. The van der Waals surface area contributed by atoms with Gasteiger partial charge in [0, 0.05) is 35.3 Å². The molecule has 2 N–H and O–H groups in total. The molecule has 1 unspecified atom stereocenters. The van der Waals surface area contributed by atoms with Crippen molar-refractivity contribution < 1.29 is 9.90 Å². The third-order valence-electron chi connectivity index (χ3n) is 7.04. The summed E-state index contributed by atoms with van der Waals surface area (Å²) in [5, 5.41) is 20.5. The van der Waals surface area contributed by atoms with Crippen molar-refractivity contribution in [2.24, 2.45) is 5.92 Å². The van der Waals surface area contributed by atoms with Gasteiger partial charge in [-0.05, 0) is 56.9 Å². The van der Waals surface area contributed by atoms with Gasteiger partial charge in [-0.3, -0.25) is 9.67 Å². The number of halogens is 1. The summed E-state index contributed by atoms with van der Waals surface area (Å²) in [7, 11) is 0. The second-order valence-electron chi connectivity index (χ2n) is 8.80. The average molecular weight is 440 g/mol. The van der Waals surface area contributed by atoms with Crippen LogP contribution < -0.4 is 5.32 Å². The smallest absolute Gasteiger partial charge is 0.317 e. The summed E-state index contributed by atoms with van der Waals surface area (Å²) in [5.74, 6) is 0.189. The summed E-state index contributed by atoms with van der Waals surface area (Å²) in [5.41, 5.74) is 2.08. The maximum absolute atomic E-state index is 12.8. The van der Waals surface area contributed by atoms with Crippen molar-refractivity contribution in [2.45, 2.75) is 44.4 Å². The van der Waals surface area contributed by atoms with E-state index >= 15 is 0 Å². The number of nitrogens with one attached hydrogen (secondary N) is 1. The van der Waals surface area contributed by atoms with E-state index in [9.17, 15) is 9.90 Å². The van der Waals surface area contributed by atoms with Crippen molar-refractivity contribution in [3.05, 3.63) is 59.0 Å². The lowest BCUT2D eigenvalue weighted by Crippen LogP contribution is -2.50. The highest BCUT2D eigenvalue weighted by molar-refractivity contribution is 6.31. The van der Waals surface area contributed by atoms with Gasteiger partial charge in [0.2, 0.25) is 0 Å². The number of urea groups is 1. The Morgan fingerprint density at radius 3 is 2.81 bits per heavy atom. The fourth-order valence-corrected chi connectivity index (χ4v) is 5.45. The molecule has 0 bridgehead atoms. The van der Waals surface area contributed by atoms with Crippen LogP contribution in [0, 0.1) is 5.92 Å². The summed E-state index contributed by atoms with van der Waals surface area (Å²) in [4.78, 5) is 19.0. The predicted molar refractivity (Wildman–Crippen MR) is 119 cm³/mol. The monoisotopic (exact) mass is 439 g/mol. The lowest BCUT2D eigenvalue weighted by molar-refractivity contribution is -0.0117. The zero-order valence-corrected chi connectivity index (χ0v) is 18.4. The molecule has 0 aliphatic carbocycles. The average Bonchev–Trinajstić information content (AvgIpc) is 3.30. The van der Waals surface area contributed by atoms with Crippen molar-refractivity contribution in [2.75, 3.05) is 13.1 Å². The molecule has 2 aliphatic heterocycles. The molecule has 8 heteroatoms. The first kappa shape index (κ1) is 20.3. The number of amides is 2. The van der Waals surface area contributed by atoms with E-state index in [1.54, 1.807) is 6.20 Å². The second kappa shape index (κ2) is 7.50. The third-order valence-corrected chi connectivity index (χ3v) is 7.26. The van der Waals surface area contributed by atoms with Gasteiger partial charge in [-0.1, -0.05) is 17.7 Å². The summed E-state index contributed by atoms with van der Waals surface area (Å²) >= 11 is 6.26. The van der Waals surface area contributed by atoms with Gasteiger partial charge in [0.25, 0.3) is 0 Å². The Labute approximate surface area is 186 Å². The quantitative estimate of drug-likeness (QED) is 0.645. The minimum atomic E-state index is -0.674. The van der Waals surface area contributed by atoms with E-state index in [0.717, 1.165) is 35.0 Å². The number of nitrogens with zero attached hydrogens (tertiary/aromatic N) is 4. The molecule has 162 valence electrons. The largest absolute Gasteiger partial charge is 0.386 e. The number of hydrogen-bond donors (Lipinski definition) is 2. The molecule has 1 fully saturated rings. The molecule has 2 aromatic heterocycles. The molecule has 2 amide bonds. The van der Waals surface area contributed by atoms with Crippen molar-refractivity contribution in [3.8, 4) is 0 Å². The Hall–Kier alpha value is -2.64. The van der Waals surface area contributed by atoms with Crippen LogP contribution in [0.3, 0.4) is 0 Å². The highest BCUT2D eigenvalue weighted by atomic mass is 35.5. The number of likely N-dealkylation sites (tertiary alicyclic amines) is 1. The number of carbonyl (C=O) groups excluding carboxylic acids is 1. The Bertz CT molecular complexity index is 1130. The molecule has 4 heterocycles. The lowest BCUT2D eigenvalue weighted by Gasteiger charge is -2.43. The molecular weight excluding hydrogens is 414 g/mol. The van der Waals surface area contributed by atoms with E-state index in [-0.39, 0.29) is 18.0 Å². The fourth-order valence-electron chi connectivity index (χ4n) is 5.21. The molecule has 31 heavy (non-hydrogen) atoms. The number of aliphatic hydroxyl groups excluding tert-OH is 1. The highest BCUT2D eigenvalue weighted by Crippen LogP contribution is 2.51. The van der Waals surface area contributed by atoms with Gasteiger partial charge in [-0.15, -0.1) is 0 Å². The summed E-state index contributed by atoms with van der Waals surface area (Å²) < 4.78 is 1.97. The van der Waals surface area contributed by atoms with Gasteiger partial charge in [-0.2, -0.15) is 5.10 Å². The highest BCUT2D eigenvalue weighted by Gasteiger charge is 2.50. The molecule has 3 atom stereocenters. The second-order valence-corrected chi connectivity index (χ2v) is 9.24. The summed E-state index contributed by atoms with van der Waals surface area (Å²) in [6, 6.07) is 9.19. The molecule has 1 aromatic carbocycles. The zero-order chi connectivity index (χ0) is 21.8. The van der Waals surface area contributed by atoms with Crippen LogP contribution >= 0.6 is 11.6 Å². The van der Waals surface area contributed by atoms with Crippen molar-refractivity contribution in [3.63, 3.8) is 0 Å². The fraction of sp³-hybridized carbons (Fsp3) is 0.435. The number of benzene rings is 1. The number of aliphatic hydroxyl groups is 1. The first-order chi connectivity index (χ1) is 14.9. The Morgan fingerprint density at radius 2 is 2.10 bits per heavy atom. The third kappa shape index (κ3) is 3.18. The van der Waals surface area contributed by atoms with E-state index in [2.05, 4.69) is 22.3 Å². The van der Waals surface area contributed by atoms with Gasteiger partial charge in [-0.25, -0.2) is 4.79 Å². The van der Waals surface area contributed by atoms with Crippen LogP contribution in [0.4, 0.5) is 4.79 Å². The van der Waals surface area contributed by atoms with E-state index in [1.165, 1.54) is 0 Å². The van der Waals surface area contributed by atoms with Crippen LogP contribution in [-0.4, -0.2) is 43.9 Å². The predicted octanol–water partition coefficient (Wildman–Crippen LogP) is 4.03. The standard InChI is InChI=1S/C23H26ClN5O2/c1-14(19-5-3-4-8-25-19)27-22(31)28-9-6-16(7-10-28)23(2)21(30)18-12-17(24)11-15-13-26-29(23)20(15)18/h3-5,8,11-14,16,21,30H,6-7,9-10H2,1-2H3,(H,27,31)/t14-,21-,23?/m1/s1. The maximum atomic E-state index is 12.8. The number of rotatable bonds is 3. The summed E-state index contributed by atoms with van der Waals surface area (Å²) in [6.07, 6.45) is 4.46. The number of pyridine rings is 1. The van der Waals surface area contributed by atoms with Gasteiger partial charge in [0.15, 0.2) is 0 Å². The first-order valence-electron chi connectivity index (χ1n) is 10.7. The number of aromatic nitrogens is 3. The van der Waals surface area contributed by atoms with Gasteiger partial charge in [0.05, 0.1) is 29.0 Å². The molecule has 7 nitrogen and oxygen atoms in total. The number of hydrogen-bond acceptors (Lipinski definition) is 4. The van der Waals surface area contributed by atoms with Crippen LogP contribution in [0.25, 0.3) is 10.9 Å². The van der Waals surface area contributed by atoms with Gasteiger partial charge >= 0.3 is 6.03 Å². The van der Waals surface area contributed by atoms with Crippen LogP contribution in [0.1, 0.15) is 50.1 Å². The molecule has 0 saturated carbocycles. The zero-order valence-electron chi connectivity index (χ0n) is 17.6. The van der Waals surface area contributed by atoms with E-state index in [4.69, 9.17) is 11.6 Å². The van der Waals surface area contributed by atoms with Gasteiger partial charge in [0.1, 0.15) is 6.10 Å². The maximum Gasteiger partial charge on any atom is 0.317 e. The van der Waals surface area contributed by atoms with Crippen LogP contribution in [0.15, 0.2) is 42.7 Å². The van der Waals surface area contributed by atoms with E-state index in [0.29, 0.717) is 18.1 Å². The van der Waals surface area contributed by atoms with E-state index < -0.39 is 11.6 Å². The molecule has 2 aliphatic rings. The van der Waals surface area contributed by atoms with Crippen LogP contribution in [0.2, 0.25) is 5.02 Å². The number of carbonyl (C=O) groups is 1. The van der Waals surface area contributed by atoms with Crippen molar-refractivity contribution in [1.82, 2.24) is 25.0 Å². The normalized spacial score (nSPS) is 24.5. The SMILES string of the molecule is C[C@@H](NC(=O)N1CCC(C2(C)[C@H](O)c3cc(Cl)cc4cnn2c34)CC1)c1ccccn1. The van der Waals surface area contributed by atoms with Gasteiger partial charge < -0.3 is 15.3 Å². The topological polar surface area (TPSA) is 83.3 Å². The molecule has 0 spiro atoms. The molecular formula is C23H26ClN5O2. The van der Waals surface area contributed by atoms with Crippen molar-refractivity contribution in [1.29, 1.82) is 0 Å². The molecule has 1 saturated heterocycles. The Balaban J connectivity index is 1.29. The molecule has 3 aromatic rings. The molecule has 5 rings (SSSR count). The minimum absolute atomic E-state index is 0.0784. The minimum Gasteiger partial charge on any atom is -0.386 e. The number of piperidine rings is 1. The van der Waals surface area contributed by atoms with Crippen LogP contribution in [-0.2, 0) is 5.54 Å². The van der Waals surface area contributed by atoms with E-state index in [1.807, 2.05) is 53.0 Å². The van der Waals surface area contributed by atoms with Crippen LogP contribution in [0.5, 0.6) is 0 Å².